The molecular weight excluding hydrogens is 273 g/mol. The van der Waals surface area contributed by atoms with Gasteiger partial charge in [-0.15, -0.1) is 0 Å². The van der Waals surface area contributed by atoms with Crippen LogP contribution in [0.15, 0.2) is 28.8 Å². The van der Waals surface area contributed by atoms with E-state index in [1.807, 2.05) is 18.2 Å². The van der Waals surface area contributed by atoms with E-state index in [1.54, 1.807) is 0 Å². The molecule has 0 heterocycles. The monoisotopic (exact) mass is 289 g/mol. The average molecular weight is 290 g/mol. The van der Waals surface area contributed by atoms with Gasteiger partial charge in [-0.05, 0) is 12.5 Å². The molecule has 5 heteroatoms. The molecule has 0 unspecified atom stereocenters. The van der Waals surface area contributed by atoms with Crippen molar-refractivity contribution in [1.82, 2.24) is 0 Å². The van der Waals surface area contributed by atoms with E-state index in [2.05, 4.69) is 6.92 Å². The molecule has 18 heavy (non-hydrogen) atoms. The lowest BCUT2D eigenvalue weighted by atomic mass is 10.2. The van der Waals surface area contributed by atoms with Crippen LogP contribution in [0.1, 0.15) is 18.9 Å². The Labute approximate surface area is 117 Å². The van der Waals surface area contributed by atoms with E-state index in [0.717, 1.165) is 17.7 Å². The summed E-state index contributed by atoms with van der Waals surface area (Å²) in [5.41, 5.74) is 7.82. The van der Waals surface area contributed by atoms with Crippen molar-refractivity contribution < 1.29 is 9.47 Å². The number of ether oxygens (including phenoxy) is 2. The van der Waals surface area contributed by atoms with Gasteiger partial charge in [-0.25, -0.2) is 0 Å². The normalized spacial score (nSPS) is 11.4. The van der Waals surface area contributed by atoms with Crippen LogP contribution in [0, 0.1) is 0 Å². The second-order valence-corrected chi connectivity index (χ2v) is 4.37. The van der Waals surface area contributed by atoms with E-state index < -0.39 is 0 Å². The fourth-order valence-electron chi connectivity index (χ4n) is 1.33. The molecule has 0 aliphatic rings. The fourth-order valence-corrected chi connectivity index (χ4v) is 1.44. The van der Waals surface area contributed by atoms with Crippen LogP contribution < -0.4 is 15.2 Å². The smallest absolute Gasteiger partial charge is 0.128 e. The summed E-state index contributed by atoms with van der Waals surface area (Å²) in [6.45, 7) is 3.33. The lowest BCUT2D eigenvalue weighted by molar-refractivity contribution is 0.311. The lowest BCUT2D eigenvalue weighted by Gasteiger charge is -2.12. The Balaban J connectivity index is 2.78. The Kier molecular flexibility index (Phi) is 6.94. The number of hydrogen-bond acceptors (Lipinski definition) is 3. The van der Waals surface area contributed by atoms with E-state index >= 15 is 0 Å². The molecule has 0 bridgehead atoms. The van der Waals surface area contributed by atoms with Crippen LogP contribution in [-0.4, -0.2) is 13.2 Å². The molecule has 1 aromatic rings. The van der Waals surface area contributed by atoms with Crippen LogP contribution >= 0.6 is 23.2 Å². The zero-order valence-electron chi connectivity index (χ0n) is 10.3. The van der Waals surface area contributed by atoms with Crippen molar-refractivity contribution in [2.45, 2.75) is 19.9 Å². The maximum Gasteiger partial charge on any atom is 0.128 e. The highest BCUT2D eigenvalue weighted by Crippen LogP contribution is 2.25. The van der Waals surface area contributed by atoms with Crippen LogP contribution in [0.4, 0.5) is 0 Å². The molecule has 0 radical (unpaired) electrons. The van der Waals surface area contributed by atoms with Gasteiger partial charge >= 0.3 is 0 Å². The lowest BCUT2D eigenvalue weighted by Crippen LogP contribution is -2.05. The summed E-state index contributed by atoms with van der Waals surface area (Å²) in [7, 11) is 0. The minimum atomic E-state index is 0.218. The Hall–Kier alpha value is -0.900. The van der Waals surface area contributed by atoms with Crippen molar-refractivity contribution in [2.75, 3.05) is 13.2 Å². The maximum absolute atomic E-state index is 5.78. The molecule has 0 aliphatic heterocycles. The molecule has 0 atom stereocenters. The standard InChI is InChI=1S/C13H17Cl2NO2/c1-2-5-17-12-4-3-10(8-16)13(6-12)18-9-11(15)7-14/h3-4,6-7H,2,5,8-9,16H2,1H3. The zero-order valence-corrected chi connectivity index (χ0v) is 11.8. The van der Waals surface area contributed by atoms with Crippen LogP contribution in [0.5, 0.6) is 11.5 Å². The SMILES string of the molecule is CCCOc1ccc(CN)c(OCC(Cl)=CCl)c1. The molecule has 1 aromatic carbocycles. The van der Waals surface area contributed by atoms with Gasteiger partial charge in [0.1, 0.15) is 18.1 Å². The number of hydrogen-bond donors (Lipinski definition) is 1. The number of halogens is 2. The van der Waals surface area contributed by atoms with Gasteiger partial charge in [0.05, 0.1) is 11.6 Å². The highest BCUT2D eigenvalue weighted by atomic mass is 35.5. The Morgan fingerprint density at radius 2 is 2.17 bits per heavy atom. The first-order valence-corrected chi connectivity index (χ1v) is 6.56. The highest BCUT2D eigenvalue weighted by molar-refractivity contribution is 6.36. The van der Waals surface area contributed by atoms with Crippen molar-refractivity contribution >= 4 is 23.2 Å². The summed E-state index contributed by atoms with van der Waals surface area (Å²) in [5, 5.41) is 0.430. The van der Waals surface area contributed by atoms with Gasteiger partial charge in [0.2, 0.25) is 0 Å². The first kappa shape index (κ1) is 15.2. The predicted molar refractivity (Wildman–Crippen MR) is 75.4 cm³/mol. The molecule has 0 aromatic heterocycles. The van der Waals surface area contributed by atoms with E-state index in [9.17, 15) is 0 Å². The number of benzene rings is 1. The molecule has 3 nitrogen and oxygen atoms in total. The molecule has 0 fully saturated rings. The second kappa shape index (κ2) is 8.25. The molecule has 0 spiro atoms. The molecule has 0 saturated heterocycles. The maximum atomic E-state index is 5.78. The van der Waals surface area contributed by atoms with Crippen molar-refractivity contribution in [1.29, 1.82) is 0 Å². The molecule has 2 N–H and O–H groups in total. The largest absolute Gasteiger partial charge is 0.493 e. The topological polar surface area (TPSA) is 44.5 Å². The summed E-state index contributed by atoms with van der Waals surface area (Å²) >= 11 is 11.2. The van der Waals surface area contributed by atoms with E-state index in [-0.39, 0.29) is 6.61 Å². The molecular formula is C13H17Cl2NO2. The minimum Gasteiger partial charge on any atom is -0.493 e. The van der Waals surface area contributed by atoms with E-state index in [4.69, 9.17) is 38.4 Å². The minimum absolute atomic E-state index is 0.218. The van der Waals surface area contributed by atoms with Crippen molar-refractivity contribution in [2.24, 2.45) is 5.73 Å². The van der Waals surface area contributed by atoms with Crippen molar-refractivity contribution in [3.63, 3.8) is 0 Å². The van der Waals surface area contributed by atoms with Gasteiger partial charge < -0.3 is 15.2 Å². The summed E-state index contributed by atoms with van der Waals surface area (Å²) in [6, 6.07) is 5.58. The van der Waals surface area contributed by atoms with E-state index in [1.165, 1.54) is 5.54 Å². The van der Waals surface area contributed by atoms with Crippen molar-refractivity contribution in [3.8, 4) is 11.5 Å². The van der Waals surface area contributed by atoms with Crippen LogP contribution in [0.2, 0.25) is 0 Å². The summed E-state index contributed by atoms with van der Waals surface area (Å²) in [4.78, 5) is 0. The third-order valence-corrected chi connectivity index (χ3v) is 2.81. The Morgan fingerprint density at radius 1 is 1.39 bits per heavy atom. The van der Waals surface area contributed by atoms with Gasteiger partial charge in [0.25, 0.3) is 0 Å². The molecule has 100 valence electrons. The number of nitrogens with two attached hydrogens (primary N) is 1. The summed E-state index contributed by atoms with van der Waals surface area (Å²) in [6.07, 6.45) is 0.954. The van der Waals surface area contributed by atoms with Gasteiger partial charge in [0, 0.05) is 23.7 Å². The summed E-state index contributed by atoms with van der Waals surface area (Å²) < 4.78 is 11.1. The number of rotatable bonds is 7. The predicted octanol–water partition coefficient (Wildman–Crippen LogP) is 3.63. The Morgan fingerprint density at radius 3 is 2.78 bits per heavy atom. The van der Waals surface area contributed by atoms with Crippen molar-refractivity contribution in [3.05, 3.63) is 34.3 Å². The van der Waals surface area contributed by atoms with Crippen LogP contribution in [0.25, 0.3) is 0 Å². The van der Waals surface area contributed by atoms with Crippen LogP contribution in [-0.2, 0) is 6.54 Å². The van der Waals surface area contributed by atoms with Crippen LogP contribution in [0.3, 0.4) is 0 Å². The molecule has 0 aliphatic carbocycles. The molecule has 0 saturated carbocycles. The zero-order chi connectivity index (χ0) is 13.4. The summed E-state index contributed by atoms with van der Waals surface area (Å²) in [5.74, 6) is 1.43. The van der Waals surface area contributed by atoms with Gasteiger partial charge in [-0.1, -0.05) is 36.2 Å². The molecule has 1 rings (SSSR count). The Bertz CT molecular complexity index is 408. The third kappa shape index (κ3) is 4.77. The fraction of sp³-hybridized carbons (Fsp3) is 0.385. The van der Waals surface area contributed by atoms with Gasteiger partial charge in [0.15, 0.2) is 0 Å². The van der Waals surface area contributed by atoms with E-state index in [0.29, 0.717) is 23.9 Å². The first-order chi connectivity index (χ1) is 8.71. The quantitative estimate of drug-likeness (QED) is 0.834. The highest BCUT2D eigenvalue weighted by Gasteiger charge is 2.05. The first-order valence-electron chi connectivity index (χ1n) is 5.74. The second-order valence-electron chi connectivity index (χ2n) is 3.67. The average Bonchev–Trinajstić information content (AvgIpc) is 2.42. The molecule has 0 amide bonds. The van der Waals surface area contributed by atoms with Gasteiger partial charge in [-0.3, -0.25) is 0 Å². The van der Waals surface area contributed by atoms with Gasteiger partial charge in [-0.2, -0.15) is 0 Å². The third-order valence-electron chi connectivity index (χ3n) is 2.22.